The number of nitrogens with zero attached hydrogens (tertiary/aromatic N) is 3. The van der Waals surface area contributed by atoms with E-state index >= 15 is 0 Å². The molecule has 7 nitrogen and oxygen atoms in total. The lowest BCUT2D eigenvalue weighted by molar-refractivity contribution is -0.137. The monoisotopic (exact) mass is 527 g/mol. The number of benzene rings is 2. The van der Waals surface area contributed by atoms with Crippen LogP contribution in [0.1, 0.15) is 50.9 Å². The predicted octanol–water partition coefficient (Wildman–Crippen LogP) is 5.27. The number of rotatable bonds is 6. The fraction of sp³-hybridized carbons (Fsp3) is 0.423. The van der Waals surface area contributed by atoms with Crippen LogP contribution in [0.2, 0.25) is 0 Å². The van der Waals surface area contributed by atoms with Crippen LogP contribution in [0.4, 0.5) is 0 Å². The van der Waals surface area contributed by atoms with Gasteiger partial charge in [0.15, 0.2) is 0 Å². The van der Waals surface area contributed by atoms with Crippen molar-refractivity contribution in [3.05, 3.63) is 57.0 Å². The molecule has 1 aliphatic rings. The van der Waals surface area contributed by atoms with Crippen LogP contribution in [-0.4, -0.2) is 41.6 Å². The molecule has 1 unspecified atom stereocenters. The number of aromatic nitrogens is 2. The number of carbonyl (C=O) groups is 1. The maximum atomic E-state index is 13.8. The molecule has 0 aliphatic heterocycles. The molecule has 1 atom stereocenters. The number of hydrogen-bond acceptors (Lipinski definition) is 5. The zero-order valence-electron chi connectivity index (χ0n) is 20.0. The van der Waals surface area contributed by atoms with Crippen LogP contribution in [0.25, 0.3) is 16.6 Å². The molecule has 2 aromatic carbocycles. The molecule has 1 aliphatic carbocycles. The number of hydrogen-bond donors (Lipinski definition) is 0. The number of halogens is 1. The van der Waals surface area contributed by atoms with Crippen molar-refractivity contribution in [2.45, 2.75) is 45.1 Å². The van der Waals surface area contributed by atoms with Gasteiger partial charge in [-0.1, -0.05) is 31.4 Å². The first-order chi connectivity index (χ1) is 16.4. The number of fused-ring (bicyclic) bond motifs is 1. The van der Waals surface area contributed by atoms with E-state index in [0.29, 0.717) is 38.4 Å². The van der Waals surface area contributed by atoms with Crippen LogP contribution in [0.15, 0.2) is 45.7 Å². The van der Waals surface area contributed by atoms with E-state index in [0.717, 1.165) is 25.7 Å². The zero-order valence-corrected chi connectivity index (χ0v) is 21.6. The van der Waals surface area contributed by atoms with E-state index in [1.54, 1.807) is 48.9 Å². The molecule has 1 heterocycles. The first kappa shape index (κ1) is 24.3. The summed E-state index contributed by atoms with van der Waals surface area (Å²) in [4.78, 5) is 33.8. The standard InChI is InChI=1S/C26H30BrN3O4/c1-16(29(2)25(31)17-10-6-5-7-11-17)24-28-20-13-9-8-12-19(20)26(32)30(24)21-14-18(33-3)15-22(34-4)23(21)27/h8-9,12-17H,5-7,10-11H2,1-4H3. The van der Waals surface area contributed by atoms with Crippen LogP contribution in [0.5, 0.6) is 11.5 Å². The van der Waals surface area contributed by atoms with E-state index in [1.165, 1.54) is 6.42 Å². The molecule has 3 aromatic rings. The van der Waals surface area contributed by atoms with Crippen LogP contribution in [0.3, 0.4) is 0 Å². The third kappa shape index (κ3) is 4.43. The largest absolute Gasteiger partial charge is 0.497 e. The second-order valence-corrected chi connectivity index (χ2v) is 9.54. The quantitative estimate of drug-likeness (QED) is 0.436. The highest BCUT2D eigenvalue weighted by atomic mass is 79.9. The maximum absolute atomic E-state index is 13.8. The lowest BCUT2D eigenvalue weighted by Crippen LogP contribution is -2.38. The molecule has 0 radical (unpaired) electrons. The Kier molecular flexibility index (Phi) is 7.26. The van der Waals surface area contributed by atoms with Crippen molar-refractivity contribution in [1.82, 2.24) is 14.5 Å². The topological polar surface area (TPSA) is 73.7 Å². The number of carbonyl (C=O) groups excluding carboxylic acids is 1. The normalized spacial score (nSPS) is 15.2. The Balaban J connectivity index is 1.91. The van der Waals surface area contributed by atoms with Crippen molar-refractivity contribution in [3.63, 3.8) is 0 Å². The van der Waals surface area contributed by atoms with Gasteiger partial charge in [0.05, 0.1) is 41.3 Å². The molecule has 0 saturated heterocycles. The minimum atomic E-state index is -0.434. The molecule has 4 rings (SSSR count). The Bertz CT molecular complexity index is 1270. The van der Waals surface area contributed by atoms with Crippen LogP contribution in [0, 0.1) is 5.92 Å². The SMILES string of the molecule is COc1cc(OC)c(Br)c(-n2c(C(C)N(C)C(=O)C3CCCCC3)nc3ccccc3c2=O)c1. The van der Waals surface area contributed by atoms with E-state index in [2.05, 4.69) is 15.9 Å². The molecule has 34 heavy (non-hydrogen) atoms. The Labute approximate surface area is 207 Å². The van der Waals surface area contributed by atoms with Gasteiger partial charge < -0.3 is 14.4 Å². The second-order valence-electron chi connectivity index (χ2n) is 8.75. The van der Waals surface area contributed by atoms with Gasteiger partial charge in [-0.3, -0.25) is 14.2 Å². The number of ether oxygens (including phenoxy) is 2. The van der Waals surface area contributed by atoms with Crippen molar-refractivity contribution in [3.8, 4) is 17.2 Å². The highest BCUT2D eigenvalue weighted by Crippen LogP contribution is 2.37. The molecule has 1 amide bonds. The average Bonchev–Trinajstić information content (AvgIpc) is 2.88. The Morgan fingerprint density at radius 1 is 1.15 bits per heavy atom. The minimum Gasteiger partial charge on any atom is -0.497 e. The van der Waals surface area contributed by atoms with Crippen LogP contribution >= 0.6 is 15.9 Å². The van der Waals surface area contributed by atoms with Gasteiger partial charge in [0, 0.05) is 25.1 Å². The average molecular weight is 528 g/mol. The van der Waals surface area contributed by atoms with Gasteiger partial charge in [0.2, 0.25) is 5.91 Å². The fourth-order valence-electron chi connectivity index (χ4n) is 4.65. The summed E-state index contributed by atoms with van der Waals surface area (Å²) >= 11 is 3.60. The lowest BCUT2D eigenvalue weighted by atomic mass is 9.88. The molecule has 0 spiro atoms. The summed E-state index contributed by atoms with van der Waals surface area (Å²) in [6, 6.07) is 10.3. The number of methoxy groups -OCH3 is 2. The molecule has 0 bridgehead atoms. The van der Waals surface area contributed by atoms with Gasteiger partial charge in [0.1, 0.15) is 17.3 Å². The number of para-hydroxylation sites is 1. The molecular formula is C26H30BrN3O4. The van der Waals surface area contributed by atoms with Crippen molar-refractivity contribution in [2.75, 3.05) is 21.3 Å². The summed E-state index contributed by atoms with van der Waals surface area (Å²) in [5, 5.41) is 0.494. The van der Waals surface area contributed by atoms with Gasteiger partial charge in [-0.15, -0.1) is 0 Å². The Morgan fingerprint density at radius 2 is 1.85 bits per heavy atom. The van der Waals surface area contributed by atoms with Crippen LogP contribution in [-0.2, 0) is 4.79 Å². The second kappa shape index (κ2) is 10.2. The van der Waals surface area contributed by atoms with Gasteiger partial charge in [-0.05, 0) is 47.8 Å². The first-order valence-corrected chi connectivity index (χ1v) is 12.4. The molecule has 180 valence electrons. The first-order valence-electron chi connectivity index (χ1n) is 11.6. The van der Waals surface area contributed by atoms with E-state index in [9.17, 15) is 9.59 Å². The molecule has 0 N–H and O–H groups in total. The lowest BCUT2D eigenvalue weighted by Gasteiger charge is -2.31. The Hall–Kier alpha value is -2.87. The molecular weight excluding hydrogens is 498 g/mol. The van der Waals surface area contributed by atoms with Gasteiger partial charge in [-0.2, -0.15) is 0 Å². The van der Waals surface area contributed by atoms with E-state index in [1.807, 2.05) is 25.1 Å². The van der Waals surface area contributed by atoms with Crippen molar-refractivity contribution < 1.29 is 14.3 Å². The summed E-state index contributed by atoms with van der Waals surface area (Å²) in [6.45, 7) is 1.92. The molecule has 1 aromatic heterocycles. The summed E-state index contributed by atoms with van der Waals surface area (Å²) in [5.74, 6) is 1.67. The molecule has 1 saturated carbocycles. The van der Waals surface area contributed by atoms with Crippen molar-refractivity contribution in [2.24, 2.45) is 5.92 Å². The molecule has 8 heteroatoms. The minimum absolute atomic E-state index is 0.0190. The summed E-state index contributed by atoms with van der Waals surface area (Å²) in [6.07, 6.45) is 5.15. The van der Waals surface area contributed by atoms with E-state index in [4.69, 9.17) is 14.5 Å². The third-order valence-corrected chi connectivity index (χ3v) is 7.55. The summed E-state index contributed by atoms with van der Waals surface area (Å²) in [7, 11) is 4.92. The number of amides is 1. The van der Waals surface area contributed by atoms with Crippen LogP contribution < -0.4 is 15.0 Å². The van der Waals surface area contributed by atoms with Gasteiger partial charge in [0.25, 0.3) is 5.56 Å². The highest BCUT2D eigenvalue weighted by molar-refractivity contribution is 9.10. The fourth-order valence-corrected chi connectivity index (χ4v) is 5.22. The van der Waals surface area contributed by atoms with Crippen molar-refractivity contribution >= 4 is 32.7 Å². The maximum Gasteiger partial charge on any atom is 0.266 e. The van der Waals surface area contributed by atoms with E-state index < -0.39 is 6.04 Å². The van der Waals surface area contributed by atoms with Crippen molar-refractivity contribution in [1.29, 1.82) is 0 Å². The summed E-state index contributed by atoms with van der Waals surface area (Å²) < 4.78 is 13.1. The Morgan fingerprint density at radius 3 is 2.53 bits per heavy atom. The predicted molar refractivity (Wildman–Crippen MR) is 136 cm³/mol. The van der Waals surface area contributed by atoms with Gasteiger partial charge >= 0.3 is 0 Å². The molecule has 1 fully saturated rings. The highest BCUT2D eigenvalue weighted by Gasteiger charge is 2.30. The van der Waals surface area contributed by atoms with E-state index in [-0.39, 0.29) is 17.4 Å². The summed E-state index contributed by atoms with van der Waals surface area (Å²) in [5.41, 5.74) is 0.914. The zero-order chi connectivity index (χ0) is 24.4. The third-order valence-electron chi connectivity index (χ3n) is 6.75. The van der Waals surface area contributed by atoms with Gasteiger partial charge in [-0.25, -0.2) is 4.98 Å². The smallest absolute Gasteiger partial charge is 0.266 e.